The van der Waals surface area contributed by atoms with Crippen molar-refractivity contribution in [2.75, 3.05) is 13.7 Å². The lowest BCUT2D eigenvalue weighted by atomic mass is 9.82. The molecule has 7 heteroatoms. The van der Waals surface area contributed by atoms with E-state index in [1.807, 2.05) is 30.1 Å². The second kappa shape index (κ2) is 6.63. The Morgan fingerprint density at radius 3 is 2.73 bits per heavy atom. The maximum atomic E-state index is 12.9. The summed E-state index contributed by atoms with van der Waals surface area (Å²) in [7, 11) is 1.93. The van der Waals surface area contributed by atoms with Gasteiger partial charge in [0, 0.05) is 0 Å². The van der Waals surface area contributed by atoms with Crippen LogP contribution in [0, 0.1) is 0 Å². The van der Waals surface area contributed by atoms with E-state index >= 15 is 0 Å². The molecule has 0 radical (unpaired) electrons. The molecule has 1 aromatic heterocycles. The molecule has 0 unspecified atom stereocenters. The lowest BCUT2D eigenvalue weighted by Crippen LogP contribution is -2.49. The first-order valence-corrected chi connectivity index (χ1v) is 10.0. The molecule has 2 aromatic rings. The summed E-state index contributed by atoms with van der Waals surface area (Å²) in [5.74, 6) is -0.0643. The van der Waals surface area contributed by atoms with Crippen LogP contribution in [0.5, 0.6) is 0 Å². The predicted octanol–water partition coefficient (Wildman–Crippen LogP) is 3.50. The number of aromatic nitrogens is 1. The fourth-order valence-corrected chi connectivity index (χ4v) is 4.99. The summed E-state index contributed by atoms with van der Waals surface area (Å²) in [6, 6.07) is 7.82. The quantitative estimate of drug-likeness (QED) is 0.834. The zero-order chi connectivity index (χ0) is 18.3. The minimum Gasteiger partial charge on any atom is -0.323 e. The summed E-state index contributed by atoms with van der Waals surface area (Å²) < 4.78 is 1.15. The smallest absolute Gasteiger partial charge is 0.323 e. The van der Waals surface area contributed by atoms with Gasteiger partial charge in [0.15, 0.2) is 0 Å². The van der Waals surface area contributed by atoms with Gasteiger partial charge in [-0.1, -0.05) is 31.4 Å². The molecule has 2 aliphatic rings. The second-order valence-electron chi connectivity index (χ2n) is 7.40. The molecule has 0 bridgehead atoms. The number of hydrogen-bond acceptors (Lipinski definition) is 5. The van der Waals surface area contributed by atoms with Crippen LogP contribution in [0.25, 0.3) is 10.2 Å². The monoisotopic (exact) mass is 372 g/mol. The van der Waals surface area contributed by atoms with Gasteiger partial charge in [0.2, 0.25) is 0 Å². The van der Waals surface area contributed by atoms with Crippen LogP contribution in [0.15, 0.2) is 24.3 Å². The van der Waals surface area contributed by atoms with E-state index < -0.39 is 5.54 Å². The molecule has 1 spiro atoms. The minimum absolute atomic E-state index is 0.0240. The number of carbonyl (C=O) groups is 2. The van der Waals surface area contributed by atoms with Gasteiger partial charge in [-0.25, -0.2) is 14.7 Å². The van der Waals surface area contributed by atoms with Gasteiger partial charge in [-0.15, -0.1) is 11.3 Å². The third-order valence-corrected chi connectivity index (χ3v) is 6.85. The number of amides is 3. The van der Waals surface area contributed by atoms with Gasteiger partial charge in [-0.2, -0.15) is 0 Å². The highest BCUT2D eigenvalue weighted by Crippen LogP contribution is 2.34. The summed E-state index contributed by atoms with van der Waals surface area (Å²) in [4.78, 5) is 33.5. The Morgan fingerprint density at radius 1 is 1.27 bits per heavy atom. The number of benzene rings is 1. The number of imide groups is 1. The van der Waals surface area contributed by atoms with Crippen LogP contribution in [0.1, 0.15) is 50.1 Å². The van der Waals surface area contributed by atoms with Crippen LogP contribution in [-0.4, -0.2) is 46.0 Å². The van der Waals surface area contributed by atoms with Crippen molar-refractivity contribution in [3.8, 4) is 0 Å². The molecule has 6 nitrogen and oxygen atoms in total. The largest absolute Gasteiger partial charge is 0.326 e. The third-order valence-electron chi connectivity index (χ3n) is 5.65. The van der Waals surface area contributed by atoms with Crippen molar-refractivity contribution in [2.24, 2.45) is 0 Å². The van der Waals surface area contributed by atoms with Gasteiger partial charge in [0.1, 0.15) is 10.5 Å². The van der Waals surface area contributed by atoms with Crippen molar-refractivity contribution in [2.45, 2.75) is 50.6 Å². The molecule has 2 heterocycles. The third kappa shape index (κ3) is 2.89. The maximum absolute atomic E-state index is 12.9. The maximum Gasteiger partial charge on any atom is 0.326 e. The minimum atomic E-state index is -0.657. The van der Waals surface area contributed by atoms with Crippen LogP contribution in [0.2, 0.25) is 0 Å². The molecule has 1 aromatic carbocycles. The first-order chi connectivity index (χ1) is 12.5. The molecule has 138 valence electrons. The Bertz CT molecular complexity index is 810. The number of urea groups is 1. The Balaban J connectivity index is 1.49. The van der Waals surface area contributed by atoms with Crippen LogP contribution < -0.4 is 5.32 Å². The Morgan fingerprint density at radius 2 is 2.00 bits per heavy atom. The summed E-state index contributed by atoms with van der Waals surface area (Å²) in [5, 5.41) is 3.97. The highest BCUT2D eigenvalue weighted by Gasteiger charge is 2.51. The molecule has 1 atom stereocenters. The lowest BCUT2D eigenvalue weighted by Gasteiger charge is -2.31. The Labute approximate surface area is 157 Å². The fraction of sp³-hybridized carbons (Fsp3) is 0.526. The first-order valence-electron chi connectivity index (χ1n) is 9.20. The van der Waals surface area contributed by atoms with E-state index in [-0.39, 0.29) is 24.6 Å². The fourth-order valence-electron chi connectivity index (χ4n) is 3.90. The molecule has 1 saturated heterocycles. The topological polar surface area (TPSA) is 65.5 Å². The number of hydrogen-bond donors (Lipinski definition) is 1. The summed E-state index contributed by atoms with van der Waals surface area (Å²) in [6.07, 6.45) is 4.64. The zero-order valence-electron chi connectivity index (χ0n) is 15.2. The number of rotatable bonds is 4. The second-order valence-corrected chi connectivity index (χ2v) is 8.46. The van der Waals surface area contributed by atoms with Crippen molar-refractivity contribution in [1.29, 1.82) is 0 Å². The van der Waals surface area contributed by atoms with Crippen molar-refractivity contribution in [3.05, 3.63) is 29.3 Å². The molecular formula is C19H24N4O2S. The van der Waals surface area contributed by atoms with Crippen LogP contribution >= 0.6 is 11.3 Å². The summed E-state index contributed by atoms with van der Waals surface area (Å²) in [5.41, 5.74) is 0.332. The molecule has 2 fully saturated rings. The van der Waals surface area contributed by atoms with Gasteiger partial charge in [0.25, 0.3) is 5.91 Å². The summed E-state index contributed by atoms with van der Waals surface area (Å²) >= 11 is 1.66. The molecular weight excluding hydrogens is 348 g/mol. The lowest BCUT2D eigenvalue weighted by molar-refractivity contribution is -0.134. The average Bonchev–Trinajstić information content (AvgIpc) is 3.17. The SMILES string of the molecule is C[C@H](c1nc2ccccc2s1)N(C)CN1C(=O)NC2(CCCCC2)C1=O. The van der Waals surface area contributed by atoms with Gasteiger partial charge in [-0.05, 0) is 38.9 Å². The van der Waals surface area contributed by atoms with Crippen LogP contribution in [-0.2, 0) is 4.79 Å². The predicted molar refractivity (Wildman–Crippen MR) is 102 cm³/mol. The highest BCUT2D eigenvalue weighted by atomic mass is 32.1. The van der Waals surface area contributed by atoms with Crippen molar-refractivity contribution in [1.82, 2.24) is 20.1 Å². The van der Waals surface area contributed by atoms with E-state index in [0.717, 1.165) is 47.3 Å². The zero-order valence-corrected chi connectivity index (χ0v) is 16.0. The number of nitrogens with one attached hydrogen (secondary N) is 1. The van der Waals surface area contributed by atoms with E-state index in [0.29, 0.717) is 0 Å². The molecule has 26 heavy (non-hydrogen) atoms. The Hall–Kier alpha value is -1.99. The van der Waals surface area contributed by atoms with Crippen molar-refractivity contribution < 1.29 is 9.59 Å². The number of fused-ring (bicyclic) bond motifs is 1. The number of nitrogens with zero attached hydrogens (tertiary/aromatic N) is 3. The van der Waals surface area contributed by atoms with E-state index in [9.17, 15) is 9.59 Å². The van der Waals surface area contributed by atoms with Gasteiger partial charge < -0.3 is 5.32 Å². The number of thiazole rings is 1. The van der Waals surface area contributed by atoms with Crippen molar-refractivity contribution in [3.63, 3.8) is 0 Å². The molecule has 1 aliphatic carbocycles. The van der Waals surface area contributed by atoms with Crippen LogP contribution in [0.4, 0.5) is 4.79 Å². The average molecular weight is 372 g/mol. The summed E-state index contributed by atoms with van der Waals surface area (Å²) in [6.45, 7) is 2.34. The van der Waals surface area contributed by atoms with E-state index in [4.69, 9.17) is 4.98 Å². The van der Waals surface area contributed by atoms with E-state index in [1.54, 1.807) is 11.3 Å². The molecule has 1 saturated carbocycles. The van der Waals surface area contributed by atoms with E-state index in [2.05, 4.69) is 18.3 Å². The first kappa shape index (κ1) is 17.4. The van der Waals surface area contributed by atoms with Gasteiger partial charge >= 0.3 is 6.03 Å². The Kier molecular flexibility index (Phi) is 4.44. The highest BCUT2D eigenvalue weighted by molar-refractivity contribution is 7.18. The van der Waals surface area contributed by atoms with Gasteiger partial charge in [0.05, 0.1) is 22.9 Å². The number of carbonyl (C=O) groups excluding carboxylic acids is 2. The molecule has 4 rings (SSSR count). The van der Waals surface area contributed by atoms with Crippen molar-refractivity contribution >= 4 is 33.5 Å². The van der Waals surface area contributed by atoms with Gasteiger partial charge in [-0.3, -0.25) is 9.69 Å². The molecule has 1 N–H and O–H groups in total. The molecule has 3 amide bonds. The number of para-hydroxylation sites is 1. The van der Waals surface area contributed by atoms with Crippen LogP contribution in [0.3, 0.4) is 0 Å². The van der Waals surface area contributed by atoms with E-state index in [1.165, 1.54) is 4.90 Å². The normalized spacial score (nSPS) is 21.0. The molecule has 1 aliphatic heterocycles. The standard InChI is InChI=1S/C19H24N4O2S/c1-13(16-20-14-8-4-5-9-15(14)26-16)22(2)12-23-17(24)19(21-18(23)25)10-6-3-7-11-19/h4-5,8-9,13H,3,6-7,10-12H2,1-2H3,(H,21,25)/t13-/m1/s1.